The number of hydrogen-bond donors (Lipinski definition) is 1. The van der Waals surface area contributed by atoms with Crippen LogP contribution in [0.4, 0.5) is 0 Å². The first-order valence-corrected chi connectivity index (χ1v) is 6.95. The zero-order chi connectivity index (χ0) is 12.9. The van der Waals surface area contributed by atoms with Crippen LogP contribution in [0, 0.1) is 5.41 Å². The average molecular weight is 252 g/mol. The number of pyridine rings is 1. The van der Waals surface area contributed by atoms with Gasteiger partial charge in [-0.05, 0) is 23.8 Å². The Labute approximate surface area is 107 Å². The quantitative estimate of drug-likeness (QED) is 0.895. The highest BCUT2D eigenvalue weighted by atomic mass is 32.2. The Morgan fingerprint density at radius 2 is 2.24 bits per heavy atom. The van der Waals surface area contributed by atoms with Crippen molar-refractivity contribution >= 4 is 17.7 Å². The lowest BCUT2D eigenvalue weighted by atomic mass is 9.91. The van der Waals surface area contributed by atoms with E-state index < -0.39 is 0 Å². The maximum atomic E-state index is 11.8. The van der Waals surface area contributed by atoms with Crippen LogP contribution in [0.25, 0.3) is 0 Å². The molecule has 0 unspecified atom stereocenters. The highest BCUT2D eigenvalue weighted by molar-refractivity contribution is 7.99. The summed E-state index contributed by atoms with van der Waals surface area (Å²) < 4.78 is 0. The van der Waals surface area contributed by atoms with Crippen LogP contribution in [0.2, 0.25) is 0 Å². The van der Waals surface area contributed by atoms with Crippen LogP contribution in [0.1, 0.15) is 31.1 Å². The smallest absolute Gasteiger partial charge is 0.252 e. The SMILES string of the molecule is CS[C@H](CNC(=O)c1cccnc1)C(C)(C)C. The van der Waals surface area contributed by atoms with Gasteiger partial charge >= 0.3 is 0 Å². The molecule has 0 radical (unpaired) electrons. The number of nitrogens with one attached hydrogen (secondary N) is 1. The topological polar surface area (TPSA) is 42.0 Å². The minimum Gasteiger partial charge on any atom is -0.351 e. The largest absolute Gasteiger partial charge is 0.351 e. The number of carbonyl (C=O) groups is 1. The van der Waals surface area contributed by atoms with Crippen molar-refractivity contribution in [2.75, 3.05) is 12.8 Å². The fourth-order valence-electron chi connectivity index (χ4n) is 1.53. The standard InChI is InChI=1S/C13H20N2OS/c1-13(2,3)11(17-4)9-15-12(16)10-6-5-7-14-8-10/h5-8,11H,9H2,1-4H3,(H,15,16)/t11-/m1/s1. The van der Waals surface area contributed by atoms with Gasteiger partial charge in [0.1, 0.15) is 0 Å². The van der Waals surface area contributed by atoms with Crippen molar-refractivity contribution in [2.45, 2.75) is 26.0 Å². The molecule has 1 aromatic rings. The molecule has 0 aliphatic rings. The molecule has 1 aromatic heterocycles. The van der Waals surface area contributed by atoms with Crippen molar-refractivity contribution in [3.05, 3.63) is 30.1 Å². The van der Waals surface area contributed by atoms with Gasteiger partial charge in [0, 0.05) is 24.2 Å². The fourth-order valence-corrected chi connectivity index (χ4v) is 2.48. The molecule has 0 aromatic carbocycles. The lowest BCUT2D eigenvalue weighted by Gasteiger charge is -2.29. The van der Waals surface area contributed by atoms with Gasteiger partial charge in [0.2, 0.25) is 0 Å². The van der Waals surface area contributed by atoms with E-state index >= 15 is 0 Å². The second-order valence-electron chi connectivity index (χ2n) is 5.04. The summed E-state index contributed by atoms with van der Waals surface area (Å²) in [4.78, 5) is 15.8. The molecule has 4 heteroatoms. The zero-order valence-corrected chi connectivity index (χ0v) is 11.7. The molecule has 17 heavy (non-hydrogen) atoms. The molecule has 3 nitrogen and oxygen atoms in total. The summed E-state index contributed by atoms with van der Waals surface area (Å²) in [5.74, 6) is -0.0543. The summed E-state index contributed by atoms with van der Waals surface area (Å²) in [5, 5.41) is 3.36. The first kappa shape index (κ1) is 14.0. The maximum absolute atomic E-state index is 11.8. The summed E-state index contributed by atoms with van der Waals surface area (Å²) >= 11 is 1.78. The second kappa shape index (κ2) is 6.05. The zero-order valence-electron chi connectivity index (χ0n) is 10.9. The molecule has 1 rings (SSSR count). The molecule has 0 aliphatic carbocycles. The third-order valence-corrected chi connectivity index (χ3v) is 4.06. The molecule has 1 heterocycles. The van der Waals surface area contributed by atoms with Crippen LogP contribution >= 0.6 is 11.8 Å². The lowest BCUT2D eigenvalue weighted by Crippen LogP contribution is -2.37. The molecule has 0 fully saturated rings. The summed E-state index contributed by atoms with van der Waals surface area (Å²) in [7, 11) is 0. The number of rotatable bonds is 4. The predicted molar refractivity (Wildman–Crippen MR) is 73.3 cm³/mol. The van der Waals surface area contributed by atoms with Gasteiger partial charge in [0.15, 0.2) is 0 Å². The van der Waals surface area contributed by atoms with Crippen LogP contribution in [0.15, 0.2) is 24.5 Å². The first-order chi connectivity index (χ1) is 7.95. The molecular weight excluding hydrogens is 232 g/mol. The molecule has 1 N–H and O–H groups in total. The molecule has 1 amide bonds. The van der Waals surface area contributed by atoms with Crippen molar-refractivity contribution in [1.82, 2.24) is 10.3 Å². The Balaban J connectivity index is 2.54. The van der Waals surface area contributed by atoms with Crippen LogP contribution < -0.4 is 5.32 Å². The van der Waals surface area contributed by atoms with Crippen LogP contribution in [-0.4, -0.2) is 28.9 Å². The number of nitrogens with zero attached hydrogens (tertiary/aromatic N) is 1. The first-order valence-electron chi connectivity index (χ1n) is 5.66. The minimum atomic E-state index is -0.0543. The fraction of sp³-hybridized carbons (Fsp3) is 0.538. The van der Waals surface area contributed by atoms with E-state index in [2.05, 4.69) is 37.3 Å². The van der Waals surface area contributed by atoms with Crippen molar-refractivity contribution in [3.63, 3.8) is 0 Å². The number of carbonyl (C=O) groups excluding carboxylic acids is 1. The maximum Gasteiger partial charge on any atom is 0.252 e. The highest BCUT2D eigenvalue weighted by Gasteiger charge is 2.24. The molecular formula is C13H20N2OS. The summed E-state index contributed by atoms with van der Waals surface area (Å²) in [6, 6.07) is 3.54. The Morgan fingerprint density at radius 1 is 1.53 bits per heavy atom. The van der Waals surface area contributed by atoms with Crippen LogP contribution in [-0.2, 0) is 0 Å². The van der Waals surface area contributed by atoms with Crippen molar-refractivity contribution in [3.8, 4) is 0 Å². The third-order valence-electron chi connectivity index (χ3n) is 2.62. The van der Waals surface area contributed by atoms with Gasteiger partial charge in [-0.15, -0.1) is 0 Å². The Bertz CT molecular complexity index is 359. The minimum absolute atomic E-state index is 0.0543. The third kappa shape index (κ3) is 4.38. The second-order valence-corrected chi connectivity index (χ2v) is 6.08. The van der Waals surface area contributed by atoms with Gasteiger partial charge in [-0.2, -0.15) is 11.8 Å². The molecule has 0 aliphatic heterocycles. The van der Waals surface area contributed by atoms with E-state index in [9.17, 15) is 4.79 Å². The van der Waals surface area contributed by atoms with Gasteiger partial charge in [-0.25, -0.2) is 0 Å². The predicted octanol–water partition coefficient (Wildman–Crippen LogP) is 2.59. The van der Waals surface area contributed by atoms with Gasteiger partial charge in [0.25, 0.3) is 5.91 Å². The van der Waals surface area contributed by atoms with Gasteiger partial charge in [-0.1, -0.05) is 20.8 Å². The van der Waals surface area contributed by atoms with E-state index in [-0.39, 0.29) is 11.3 Å². The Hall–Kier alpha value is -1.03. The molecule has 0 bridgehead atoms. The van der Waals surface area contributed by atoms with E-state index in [0.717, 1.165) is 0 Å². The summed E-state index contributed by atoms with van der Waals surface area (Å²) in [6.07, 6.45) is 5.32. The molecule has 94 valence electrons. The van der Waals surface area contributed by atoms with Crippen molar-refractivity contribution in [1.29, 1.82) is 0 Å². The van der Waals surface area contributed by atoms with E-state index in [4.69, 9.17) is 0 Å². The van der Waals surface area contributed by atoms with Gasteiger partial charge < -0.3 is 5.32 Å². The molecule has 0 saturated carbocycles. The van der Waals surface area contributed by atoms with Crippen LogP contribution in [0.5, 0.6) is 0 Å². The van der Waals surface area contributed by atoms with E-state index in [1.54, 1.807) is 36.3 Å². The highest BCUT2D eigenvalue weighted by Crippen LogP contribution is 2.28. The summed E-state index contributed by atoms with van der Waals surface area (Å²) in [5.41, 5.74) is 0.794. The van der Waals surface area contributed by atoms with E-state index in [0.29, 0.717) is 17.4 Å². The van der Waals surface area contributed by atoms with Crippen molar-refractivity contribution in [2.24, 2.45) is 5.41 Å². The van der Waals surface area contributed by atoms with E-state index in [1.165, 1.54) is 0 Å². The monoisotopic (exact) mass is 252 g/mol. The number of amides is 1. The Morgan fingerprint density at radius 3 is 2.71 bits per heavy atom. The lowest BCUT2D eigenvalue weighted by molar-refractivity contribution is 0.0950. The average Bonchev–Trinajstić information content (AvgIpc) is 2.29. The number of thioether (sulfide) groups is 1. The van der Waals surface area contributed by atoms with Crippen LogP contribution in [0.3, 0.4) is 0 Å². The summed E-state index contributed by atoms with van der Waals surface area (Å²) in [6.45, 7) is 7.23. The van der Waals surface area contributed by atoms with E-state index in [1.807, 2.05) is 0 Å². The number of aromatic nitrogens is 1. The molecule has 0 spiro atoms. The van der Waals surface area contributed by atoms with Gasteiger partial charge in [-0.3, -0.25) is 9.78 Å². The number of hydrogen-bond acceptors (Lipinski definition) is 3. The normalized spacial score (nSPS) is 13.2. The van der Waals surface area contributed by atoms with Gasteiger partial charge in [0.05, 0.1) is 5.56 Å². The van der Waals surface area contributed by atoms with Crippen molar-refractivity contribution < 1.29 is 4.79 Å². The molecule has 0 saturated heterocycles. The molecule has 1 atom stereocenters. The Kier molecular flexibility index (Phi) is 5.00.